The SMILES string of the molecule is CCOC(=O)c1csc(Br)c1.O=C(O)c1csc(Br)c1. The molecule has 0 radical (unpaired) electrons. The molecule has 0 aromatic carbocycles. The van der Waals surface area contributed by atoms with Gasteiger partial charge in [0.15, 0.2) is 0 Å². The summed E-state index contributed by atoms with van der Waals surface area (Å²) in [6, 6.07) is 3.33. The fourth-order valence-electron chi connectivity index (χ4n) is 1.05. The molecule has 2 aromatic heterocycles. The van der Waals surface area contributed by atoms with Crippen molar-refractivity contribution in [3.63, 3.8) is 0 Å². The number of hydrogen-bond acceptors (Lipinski definition) is 5. The molecule has 2 heterocycles. The van der Waals surface area contributed by atoms with Crippen molar-refractivity contribution >= 4 is 66.5 Å². The molecule has 0 aliphatic heterocycles. The van der Waals surface area contributed by atoms with Crippen molar-refractivity contribution in [2.45, 2.75) is 6.92 Å². The third kappa shape index (κ3) is 5.74. The Morgan fingerprint density at radius 3 is 1.95 bits per heavy atom. The van der Waals surface area contributed by atoms with Gasteiger partial charge >= 0.3 is 11.9 Å². The molecule has 20 heavy (non-hydrogen) atoms. The van der Waals surface area contributed by atoms with Gasteiger partial charge in [-0.05, 0) is 50.9 Å². The highest BCUT2D eigenvalue weighted by Crippen LogP contribution is 2.21. The van der Waals surface area contributed by atoms with Gasteiger partial charge in [-0.1, -0.05) is 0 Å². The van der Waals surface area contributed by atoms with Crippen LogP contribution in [-0.2, 0) is 4.74 Å². The summed E-state index contributed by atoms with van der Waals surface area (Å²) in [4.78, 5) is 21.2. The van der Waals surface area contributed by atoms with Crippen LogP contribution in [0.3, 0.4) is 0 Å². The second-order valence-corrected chi connectivity index (χ2v) is 7.89. The number of carboxylic acids is 1. The highest BCUT2D eigenvalue weighted by Gasteiger charge is 2.07. The molecule has 0 unspecified atom stereocenters. The molecule has 0 saturated carbocycles. The maximum Gasteiger partial charge on any atom is 0.339 e. The first kappa shape index (κ1) is 17.4. The first-order valence-corrected chi connectivity index (χ1v) is 8.67. The van der Waals surface area contributed by atoms with Gasteiger partial charge in [0, 0.05) is 10.8 Å². The lowest BCUT2D eigenvalue weighted by Gasteiger charge is -1.96. The first-order valence-electron chi connectivity index (χ1n) is 5.32. The number of carboxylic acid groups (broad SMARTS) is 1. The highest BCUT2D eigenvalue weighted by atomic mass is 79.9. The van der Waals surface area contributed by atoms with Gasteiger partial charge in [-0.3, -0.25) is 0 Å². The molecule has 0 amide bonds. The van der Waals surface area contributed by atoms with Crippen LogP contribution in [0.15, 0.2) is 30.5 Å². The Labute approximate surface area is 140 Å². The number of thiophene rings is 2. The van der Waals surface area contributed by atoms with Gasteiger partial charge in [0.05, 0.1) is 25.3 Å². The number of rotatable bonds is 3. The Morgan fingerprint density at radius 1 is 1.15 bits per heavy atom. The molecule has 1 N–H and O–H groups in total. The Kier molecular flexibility index (Phi) is 7.42. The van der Waals surface area contributed by atoms with E-state index in [0.717, 1.165) is 7.57 Å². The number of ether oxygens (including phenoxy) is 1. The van der Waals surface area contributed by atoms with Crippen LogP contribution in [0.2, 0.25) is 0 Å². The summed E-state index contributed by atoms with van der Waals surface area (Å²) >= 11 is 9.26. The van der Waals surface area contributed by atoms with Crippen LogP contribution in [0.1, 0.15) is 27.6 Å². The molecule has 0 spiro atoms. The normalized spacial score (nSPS) is 9.55. The second kappa shape index (κ2) is 8.56. The molecule has 0 aliphatic rings. The van der Waals surface area contributed by atoms with E-state index in [9.17, 15) is 9.59 Å². The summed E-state index contributed by atoms with van der Waals surface area (Å²) in [5.74, 6) is -1.13. The van der Waals surface area contributed by atoms with E-state index in [1.54, 1.807) is 29.8 Å². The molecule has 0 saturated heterocycles. The molecule has 4 nitrogen and oxygen atoms in total. The van der Waals surface area contributed by atoms with Gasteiger partial charge in [0.2, 0.25) is 0 Å². The molecule has 0 aliphatic carbocycles. The van der Waals surface area contributed by atoms with Gasteiger partial charge in [-0.25, -0.2) is 9.59 Å². The first-order chi connectivity index (χ1) is 9.43. The van der Waals surface area contributed by atoms with Gasteiger partial charge in [0.25, 0.3) is 0 Å². The molecular weight excluding hydrogens is 432 g/mol. The Bertz CT molecular complexity index is 592. The number of carbonyl (C=O) groups excluding carboxylic acids is 1. The van der Waals surface area contributed by atoms with E-state index in [2.05, 4.69) is 31.9 Å². The maximum absolute atomic E-state index is 11.0. The molecule has 2 rings (SSSR count). The van der Waals surface area contributed by atoms with Crippen molar-refractivity contribution < 1.29 is 19.4 Å². The van der Waals surface area contributed by atoms with Crippen molar-refractivity contribution in [1.29, 1.82) is 0 Å². The number of aromatic carboxylic acids is 1. The van der Waals surface area contributed by atoms with Crippen molar-refractivity contribution in [3.05, 3.63) is 41.6 Å². The lowest BCUT2D eigenvalue weighted by atomic mass is 10.3. The Morgan fingerprint density at radius 2 is 1.65 bits per heavy atom. The molecule has 0 atom stereocenters. The third-order valence-electron chi connectivity index (χ3n) is 1.89. The van der Waals surface area contributed by atoms with E-state index in [4.69, 9.17) is 9.84 Å². The predicted molar refractivity (Wildman–Crippen MR) is 87.0 cm³/mol. The zero-order chi connectivity index (χ0) is 15.1. The minimum atomic E-state index is -0.878. The van der Waals surface area contributed by atoms with Gasteiger partial charge < -0.3 is 9.84 Å². The van der Waals surface area contributed by atoms with E-state index < -0.39 is 5.97 Å². The molecule has 0 bridgehead atoms. The Hall–Kier alpha value is -0.700. The van der Waals surface area contributed by atoms with Gasteiger partial charge in [-0.15, -0.1) is 22.7 Å². The number of hydrogen-bond donors (Lipinski definition) is 1. The minimum Gasteiger partial charge on any atom is -0.478 e. The number of halogens is 2. The summed E-state index contributed by atoms with van der Waals surface area (Å²) in [5, 5.41) is 11.7. The number of carbonyl (C=O) groups is 2. The summed E-state index contributed by atoms with van der Waals surface area (Å²) in [7, 11) is 0. The van der Waals surface area contributed by atoms with Gasteiger partial charge in [0.1, 0.15) is 0 Å². The molecule has 108 valence electrons. The van der Waals surface area contributed by atoms with Crippen LogP contribution in [0, 0.1) is 0 Å². The highest BCUT2D eigenvalue weighted by molar-refractivity contribution is 9.11. The van der Waals surface area contributed by atoms with E-state index in [1.807, 2.05) is 0 Å². The fourth-order valence-corrected chi connectivity index (χ4v) is 3.31. The molecular formula is C12H10Br2O4S2. The van der Waals surface area contributed by atoms with E-state index in [-0.39, 0.29) is 5.97 Å². The minimum absolute atomic E-state index is 0.255. The summed E-state index contributed by atoms with van der Waals surface area (Å²) < 4.78 is 6.58. The number of esters is 1. The zero-order valence-electron chi connectivity index (χ0n) is 10.3. The standard InChI is InChI=1S/C7H7BrO2S.C5H3BrO2S/c1-2-10-7(9)5-3-6(8)11-4-5;6-4-1-3(2-9-4)5(7)8/h3-4H,2H2,1H3;1-2H,(H,7,8). The summed E-state index contributed by atoms with van der Waals surface area (Å²) in [5.41, 5.74) is 0.954. The lowest BCUT2D eigenvalue weighted by molar-refractivity contribution is 0.0526. The average molecular weight is 442 g/mol. The van der Waals surface area contributed by atoms with E-state index in [0.29, 0.717) is 17.7 Å². The predicted octanol–water partition coefficient (Wildman–Crippen LogP) is 4.90. The second-order valence-electron chi connectivity index (χ2n) is 3.30. The van der Waals surface area contributed by atoms with Crippen molar-refractivity contribution in [3.8, 4) is 0 Å². The third-order valence-corrected chi connectivity index (χ3v) is 4.90. The van der Waals surface area contributed by atoms with Crippen molar-refractivity contribution in [1.82, 2.24) is 0 Å². The summed E-state index contributed by atoms with van der Waals surface area (Å²) in [6.07, 6.45) is 0. The average Bonchev–Trinajstić information content (AvgIpc) is 2.99. The van der Waals surface area contributed by atoms with Gasteiger partial charge in [-0.2, -0.15) is 0 Å². The molecule has 8 heteroatoms. The maximum atomic E-state index is 11.0. The van der Waals surface area contributed by atoms with Crippen LogP contribution in [0.4, 0.5) is 0 Å². The van der Waals surface area contributed by atoms with Crippen LogP contribution in [0.25, 0.3) is 0 Å². The van der Waals surface area contributed by atoms with E-state index >= 15 is 0 Å². The quantitative estimate of drug-likeness (QED) is 0.688. The lowest BCUT2D eigenvalue weighted by Crippen LogP contribution is -2.02. The van der Waals surface area contributed by atoms with Crippen molar-refractivity contribution in [2.75, 3.05) is 6.61 Å². The van der Waals surface area contributed by atoms with Crippen LogP contribution in [0.5, 0.6) is 0 Å². The summed E-state index contributed by atoms with van der Waals surface area (Å²) in [6.45, 7) is 2.21. The molecule has 0 fully saturated rings. The monoisotopic (exact) mass is 440 g/mol. The van der Waals surface area contributed by atoms with E-state index in [1.165, 1.54) is 22.7 Å². The zero-order valence-corrected chi connectivity index (χ0v) is 15.1. The molecule has 2 aromatic rings. The topological polar surface area (TPSA) is 63.6 Å². The van der Waals surface area contributed by atoms with Crippen LogP contribution in [-0.4, -0.2) is 23.7 Å². The largest absolute Gasteiger partial charge is 0.478 e. The fraction of sp³-hybridized carbons (Fsp3) is 0.167. The van der Waals surface area contributed by atoms with Crippen LogP contribution < -0.4 is 0 Å². The van der Waals surface area contributed by atoms with Crippen molar-refractivity contribution in [2.24, 2.45) is 0 Å². The Balaban J connectivity index is 0.000000204. The smallest absolute Gasteiger partial charge is 0.339 e. The van der Waals surface area contributed by atoms with Crippen LogP contribution >= 0.6 is 54.5 Å².